The van der Waals surface area contributed by atoms with Crippen molar-refractivity contribution in [2.75, 3.05) is 0 Å². The number of nitrogens with zero attached hydrogens (tertiary/aromatic N) is 3. The zero-order valence-electron chi connectivity index (χ0n) is 9.42. The normalized spacial score (nSPS) is 9.94. The molecule has 0 unspecified atom stereocenters. The van der Waals surface area contributed by atoms with Crippen LogP contribution in [0, 0.1) is 6.92 Å². The van der Waals surface area contributed by atoms with E-state index >= 15 is 0 Å². The standard InChI is InChI=1S/C12H12N4O/c1-9-6-11(16-15-7-9)12(17)14-8-10-2-4-13-5-3-10/h2-7H,8H2,1H3,(H,14,17). The summed E-state index contributed by atoms with van der Waals surface area (Å²) in [6.45, 7) is 2.32. The molecule has 0 atom stereocenters. The zero-order valence-corrected chi connectivity index (χ0v) is 9.42. The average Bonchev–Trinajstić information content (AvgIpc) is 2.37. The van der Waals surface area contributed by atoms with Gasteiger partial charge in [-0.15, -0.1) is 5.10 Å². The minimum atomic E-state index is -0.224. The van der Waals surface area contributed by atoms with Crippen LogP contribution in [0.4, 0.5) is 0 Å². The summed E-state index contributed by atoms with van der Waals surface area (Å²) in [7, 11) is 0. The van der Waals surface area contributed by atoms with Gasteiger partial charge in [-0.05, 0) is 36.2 Å². The van der Waals surface area contributed by atoms with Crippen molar-refractivity contribution in [3.05, 3.63) is 53.6 Å². The summed E-state index contributed by atoms with van der Waals surface area (Å²) in [5.41, 5.74) is 2.24. The van der Waals surface area contributed by atoms with Gasteiger partial charge in [0.25, 0.3) is 5.91 Å². The average molecular weight is 228 g/mol. The third-order valence-corrected chi connectivity index (χ3v) is 2.23. The number of hydrogen-bond acceptors (Lipinski definition) is 4. The largest absolute Gasteiger partial charge is 0.347 e. The fourth-order valence-corrected chi connectivity index (χ4v) is 1.35. The maximum Gasteiger partial charge on any atom is 0.272 e. The summed E-state index contributed by atoms with van der Waals surface area (Å²) in [5, 5.41) is 10.3. The third kappa shape index (κ3) is 3.07. The minimum absolute atomic E-state index is 0.224. The van der Waals surface area contributed by atoms with Gasteiger partial charge < -0.3 is 5.32 Å². The van der Waals surface area contributed by atoms with Crippen LogP contribution in [0.1, 0.15) is 21.6 Å². The fourth-order valence-electron chi connectivity index (χ4n) is 1.35. The molecule has 2 rings (SSSR count). The molecule has 2 aromatic rings. The maximum atomic E-state index is 11.7. The Labute approximate surface area is 98.9 Å². The summed E-state index contributed by atoms with van der Waals surface area (Å²) in [6.07, 6.45) is 4.99. The van der Waals surface area contributed by atoms with Crippen LogP contribution in [0.5, 0.6) is 0 Å². The van der Waals surface area contributed by atoms with Crippen LogP contribution < -0.4 is 5.32 Å². The second-order valence-corrected chi connectivity index (χ2v) is 3.66. The van der Waals surface area contributed by atoms with Crippen molar-refractivity contribution in [3.63, 3.8) is 0 Å². The lowest BCUT2D eigenvalue weighted by Crippen LogP contribution is -2.24. The van der Waals surface area contributed by atoms with Crippen molar-refractivity contribution in [3.8, 4) is 0 Å². The first-order chi connectivity index (χ1) is 8.25. The molecule has 0 aliphatic heterocycles. The van der Waals surface area contributed by atoms with E-state index in [-0.39, 0.29) is 5.91 Å². The van der Waals surface area contributed by atoms with Crippen molar-refractivity contribution in [1.29, 1.82) is 0 Å². The summed E-state index contributed by atoms with van der Waals surface area (Å²) >= 11 is 0. The Morgan fingerprint density at radius 2 is 2.12 bits per heavy atom. The van der Waals surface area contributed by atoms with Crippen molar-refractivity contribution >= 4 is 5.91 Å². The highest BCUT2D eigenvalue weighted by molar-refractivity contribution is 5.92. The Kier molecular flexibility index (Phi) is 3.40. The van der Waals surface area contributed by atoms with Crippen LogP contribution >= 0.6 is 0 Å². The van der Waals surface area contributed by atoms with Crippen LogP contribution in [0.25, 0.3) is 0 Å². The number of nitrogens with one attached hydrogen (secondary N) is 1. The molecule has 0 aliphatic rings. The van der Waals surface area contributed by atoms with Crippen LogP contribution in [0.15, 0.2) is 36.8 Å². The van der Waals surface area contributed by atoms with E-state index in [0.29, 0.717) is 12.2 Å². The lowest BCUT2D eigenvalue weighted by atomic mass is 10.2. The number of hydrogen-bond donors (Lipinski definition) is 1. The molecule has 2 heterocycles. The fraction of sp³-hybridized carbons (Fsp3) is 0.167. The highest BCUT2D eigenvalue weighted by Gasteiger charge is 2.07. The van der Waals surface area contributed by atoms with Crippen molar-refractivity contribution in [2.45, 2.75) is 13.5 Å². The maximum absolute atomic E-state index is 11.7. The lowest BCUT2D eigenvalue weighted by Gasteiger charge is -2.04. The van der Waals surface area contributed by atoms with Gasteiger partial charge in [0.2, 0.25) is 0 Å². The summed E-state index contributed by atoms with van der Waals surface area (Å²) in [5.74, 6) is -0.224. The molecule has 0 fully saturated rings. The minimum Gasteiger partial charge on any atom is -0.347 e. The first-order valence-corrected chi connectivity index (χ1v) is 5.22. The molecule has 0 radical (unpaired) electrons. The number of amides is 1. The molecule has 0 aliphatic carbocycles. The van der Waals surface area contributed by atoms with Crippen molar-refractivity contribution < 1.29 is 4.79 Å². The number of aromatic nitrogens is 3. The Bertz CT molecular complexity index is 513. The Morgan fingerprint density at radius 1 is 1.35 bits per heavy atom. The third-order valence-electron chi connectivity index (χ3n) is 2.23. The molecule has 17 heavy (non-hydrogen) atoms. The van der Waals surface area contributed by atoms with Gasteiger partial charge in [-0.1, -0.05) is 0 Å². The lowest BCUT2D eigenvalue weighted by molar-refractivity contribution is 0.0944. The van der Waals surface area contributed by atoms with E-state index in [0.717, 1.165) is 11.1 Å². The number of aryl methyl sites for hydroxylation is 1. The molecule has 5 nitrogen and oxygen atoms in total. The van der Waals surface area contributed by atoms with Crippen LogP contribution in [-0.2, 0) is 6.54 Å². The van der Waals surface area contributed by atoms with E-state index in [1.165, 1.54) is 0 Å². The molecule has 5 heteroatoms. The van der Waals surface area contributed by atoms with E-state index < -0.39 is 0 Å². The van der Waals surface area contributed by atoms with Crippen LogP contribution in [-0.4, -0.2) is 21.1 Å². The van der Waals surface area contributed by atoms with E-state index in [1.807, 2.05) is 19.1 Å². The van der Waals surface area contributed by atoms with Gasteiger partial charge in [-0.25, -0.2) is 0 Å². The second-order valence-electron chi connectivity index (χ2n) is 3.66. The molecule has 0 saturated heterocycles. The first kappa shape index (κ1) is 11.2. The van der Waals surface area contributed by atoms with Gasteiger partial charge in [-0.2, -0.15) is 5.10 Å². The van der Waals surface area contributed by atoms with Gasteiger partial charge in [-0.3, -0.25) is 9.78 Å². The highest BCUT2D eigenvalue weighted by Crippen LogP contribution is 1.99. The van der Waals surface area contributed by atoms with Gasteiger partial charge in [0.1, 0.15) is 0 Å². The zero-order chi connectivity index (χ0) is 12.1. The molecular weight excluding hydrogens is 216 g/mol. The van der Waals surface area contributed by atoms with Crippen LogP contribution in [0.3, 0.4) is 0 Å². The molecule has 0 aromatic carbocycles. The van der Waals surface area contributed by atoms with Gasteiger partial charge in [0.05, 0.1) is 6.20 Å². The molecule has 0 saturated carbocycles. The summed E-state index contributed by atoms with van der Waals surface area (Å²) in [6, 6.07) is 5.40. The first-order valence-electron chi connectivity index (χ1n) is 5.22. The molecule has 86 valence electrons. The Hall–Kier alpha value is -2.30. The molecule has 1 N–H and O–H groups in total. The summed E-state index contributed by atoms with van der Waals surface area (Å²) < 4.78 is 0. The van der Waals surface area contributed by atoms with Crippen LogP contribution in [0.2, 0.25) is 0 Å². The summed E-state index contributed by atoms with van der Waals surface area (Å²) in [4.78, 5) is 15.6. The molecule has 0 spiro atoms. The van der Waals surface area contributed by atoms with Gasteiger partial charge in [0, 0.05) is 18.9 Å². The quantitative estimate of drug-likeness (QED) is 0.854. The predicted octanol–water partition coefficient (Wildman–Crippen LogP) is 1.11. The number of carbonyl (C=O) groups is 1. The predicted molar refractivity (Wildman–Crippen MR) is 62.2 cm³/mol. The topological polar surface area (TPSA) is 67.8 Å². The molecule has 2 aromatic heterocycles. The van der Waals surface area contributed by atoms with Crippen molar-refractivity contribution in [1.82, 2.24) is 20.5 Å². The van der Waals surface area contributed by atoms with Gasteiger partial charge in [0.15, 0.2) is 5.69 Å². The van der Waals surface area contributed by atoms with Gasteiger partial charge >= 0.3 is 0 Å². The van der Waals surface area contributed by atoms with E-state index in [2.05, 4.69) is 20.5 Å². The molecular formula is C12H12N4O. The van der Waals surface area contributed by atoms with E-state index in [4.69, 9.17) is 0 Å². The molecule has 1 amide bonds. The number of pyridine rings is 1. The monoisotopic (exact) mass is 228 g/mol. The Morgan fingerprint density at radius 3 is 2.82 bits per heavy atom. The van der Waals surface area contributed by atoms with E-state index in [9.17, 15) is 4.79 Å². The SMILES string of the molecule is Cc1cnnc(C(=O)NCc2ccncc2)c1. The van der Waals surface area contributed by atoms with Crippen molar-refractivity contribution in [2.24, 2.45) is 0 Å². The second kappa shape index (κ2) is 5.16. The number of rotatable bonds is 3. The number of carbonyl (C=O) groups excluding carboxylic acids is 1. The highest BCUT2D eigenvalue weighted by atomic mass is 16.1. The van der Waals surface area contributed by atoms with E-state index in [1.54, 1.807) is 24.7 Å². The molecule has 0 bridgehead atoms. The Balaban J connectivity index is 1.98. The smallest absolute Gasteiger partial charge is 0.272 e.